The number of hydrogen-bond donors (Lipinski definition) is 1. The summed E-state index contributed by atoms with van der Waals surface area (Å²) >= 11 is 3.51. The third-order valence-corrected chi connectivity index (χ3v) is 4.01. The highest BCUT2D eigenvalue weighted by Gasteiger charge is 2.10. The fourth-order valence-corrected chi connectivity index (χ4v) is 2.38. The summed E-state index contributed by atoms with van der Waals surface area (Å²) in [5.74, 6) is 0. The largest absolute Gasteiger partial charge is 0.379 e. The van der Waals surface area contributed by atoms with E-state index in [-0.39, 0.29) is 0 Å². The lowest BCUT2D eigenvalue weighted by Gasteiger charge is -2.08. The van der Waals surface area contributed by atoms with E-state index in [1.807, 2.05) is 26.1 Å². The van der Waals surface area contributed by atoms with Crippen LogP contribution in [0.25, 0.3) is 0 Å². The molecule has 0 aliphatic carbocycles. The molecule has 0 radical (unpaired) electrons. The molecular weight excluding hydrogens is 318 g/mol. The number of benzene rings is 1. The number of aromatic nitrogens is 2. The molecule has 2 rings (SSSR count). The molecule has 0 bridgehead atoms. The van der Waals surface area contributed by atoms with E-state index in [9.17, 15) is 0 Å². The molecule has 5 nitrogen and oxygen atoms in total. The lowest BCUT2D eigenvalue weighted by molar-refractivity contribution is 0.712. The third kappa shape index (κ3) is 2.66. The van der Waals surface area contributed by atoms with Gasteiger partial charge in [0, 0.05) is 12.7 Å². The molecule has 1 aromatic carbocycles. The van der Waals surface area contributed by atoms with Gasteiger partial charge in [-0.1, -0.05) is 0 Å². The molecule has 0 unspecified atom stereocenters. The highest BCUT2D eigenvalue weighted by atomic mass is 79.9. The molecule has 0 amide bonds. The first-order valence-electron chi connectivity index (χ1n) is 5.93. The van der Waals surface area contributed by atoms with Crippen molar-refractivity contribution in [1.82, 2.24) is 9.78 Å². The number of rotatable bonds is 3. The maximum atomic E-state index is 9.00. The van der Waals surface area contributed by atoms with Crippen LogP contribution in [0.2, 0.25) is 0 Å². The van der Waals surface area contributed by atoms with E-state index >= 15 is 0 Å². The Morgan fingerprint density at radius 1 is 1.30 bits per heavy atom. The average Bonchev–Trinajstić information content (AvgIpc) is 2.70. The van der Waals surface area contributed by atoms with Crippen molar-refractivity contribution in [2.24, 2.45) is 7.05 Å². The Morgan fingerprint density at radius 3 is 2.55 bits per heavy atom. The standard InChI is InChI=1S/C14H12BrN5/c1-9-14(15)13(20(2)19-9)8-18-12-4-3-10(6-16)11(5-12)7-17/h3-5,18H,8H2,1-2H3. The van der Waals surface area contributed by atoms with Crippen molar-refractivity contribution in [3.8, 4) is 12.1 Å². The Kier molecular flexibility index (Phi) is 4.07. The van der Waals surface area contributed by atoms with Gasteiger partial charge in [-0.3, -0.25) is 4.68 Å². The van der Waals surface area contributed by atoms with Crippen molar-refractivity contribution in [1.29, 1.82) is 10.5 Å². The predicted octanol–water partition coefficient (Wildman–Crippen LogP) is 2.85. The normalized spacial score (nSPS) is 9.85. The van der Waals surface area contributed by atoms with Gasteiger partial charge in [-0.15, -0.1) is 0 Å². The Morgan fingerprint density at radius 2 is 2.00 bits per heavy atom. The van der Waals surface area contributed by atoms with E-state index in [2.05, 4.69) is 26.3 Å². The minimum absolute atomic E-state index is 0.373. The maximum absolute atomic E-state index is 9.00. The van der Waals surface area contributed by atoms with Gasteiger partial charge in [-0.05, 0) is 41.1 Å². The first kappa shape index (κ1) is 14.1. The van der Waals surface area contributed by atoms with Crippen molar-refractivity contribution < 1.29 is 0 Å². The third-order valence-electron chi connectivity index (χ3n) is 2.98. The molecule has 0 atom stereocenters. The molecule has 100 valence electrons. The van der Waals surface area contributed by atoms with Crippen LogP contribution in [0.3, 0.4) is 0 Å². The number of halogens is 1. The monoisotopic (exact) mass is 329 g/mol. The maximum Gasteiger partial charge on any atom is 0.101 e. The predicted molar refractivity (Wildman–Crippen MR) is 78.8 cm³/mol. The second-order valence-corrected chi connectivity index (χ2v) is 5.10. The van der Waals surface area contributed by atoms with Crippen LogP contribution in [0.15, 0.2) is 22.7 Å². The van der Waals surface area contributed by atoms with Crippen LogP contribution in [0.5, 0.6) is 0 Å². The molecule has 0 saturated carbocycles. The van der Waals surface area contributed by atoms with E-state index < -0.39 is 0 Å². The molecule has 20 heavy (non-hydrogen) atoms. The molecule has 0 aliphatic rings. The highest BCUT2D eigenvalue weighted by molar-refractivity contribution is 9.10. The van der Waals surface area contributed by atoms with Crippen LogP contribution in [0.1, 0.15) is 22.5 Å². The van der Waals surface area contributed by atoms with Crippen LogP contribution in [-0.2, 0) is 13.6 Å². The molecular formula is C14H12BrN5. The SMILES string of the molecule is Cc1nn(C)c(CNc2ccc(C#N)c(C#N)c2)c1Br. The summed E-state index contributed by atoms with van der Waals surface area (Å²) in [7, 11) is 1.88. The van der Waals surface area contributed by atoms with E-state index in [1.165, 1.54) is 0 Å². The lowest BCUT2D eigenvalue weighted by Crippen LogP contribution is -2.06. The number of nitrogens with zero attached hydrogens (tertiary/aromatic N) is 4. The zero-order chi connectivity index (χ0) is 14.7. The van der Waals surface area contributed by atoms with E-state index in [4.69, 9.17) is 10.5 Å². The molecule has 0 spiro atoms. The van der Waals surface area contributed by atoms with Crippen molar-refractivity contribution >= 4 is 21.6 Å². The molecule has 2 aromatic rings. The molecule has 0 saturated heterocycles. The van der Waals surface area contributed by atoms with Crippen LogP contribution in [0, 0.1) is 29.6 Å². The van der Waals surface area contributed by atoms with Gasteiger partial charge in [0.25, 0.3) is 0 Å². The number of nitrogens with one attached hydrogen (secondary N) is 1. The summed E-state index contributed by atoms with van der Waals surface area (Å²) in [6, 6.07) is 9.13. The first-order valence-corrected chi connectivity index (χ1v) is 6.72. The second kappa shape index (κ2) is 5.77. The van der Waals surface area contributed by atoms with E-state index in [0.29, 0.717) is 17.7 Å². The van der Waals surface area contributed by atoms with Gasteiger partial charge in [0.2, 0.25) is 0 Å². The zero-order valence-electron chi connectivity index (χ0n) is 11.1. The van der Waals surface area contributed by atoms with Crippen LogP contribution >= 0.6 is 15.9 Å². The molecule has 0 aliphatic heterocycles. The first-order chi connectivity index (χ1) is 9.56. The van der Waals surface area contributed by atoms with Crippen molar-refractivity contribution in [3.63, 3.8) is 0 Å². The summed E-state index contributed by atoms with van der Waals surface area (Å²) in [6.45, 7) is 2.51. The summed E-state index contributed by atoms with van der Waals surface area (Å²) in [6.07, 6.45) is 0. The number of anilines is 1. The Labute approximate surface area is 125 Å². The molecule has 0 fully saturated rings. The number of aryl methyl sites for hydroxylation is 2. The highest BCUT2D eigenvalue weighted by Crippen LogP contribution is 2.22. The molecule has 1 N–H and O–H groups in total. The molecule has 1 heterocycles. The van der Waals surface area contributed by atoms with E-state index in [0.717, 1.165) is 21.5 Å². The van der Waals surface area contributed by atoms with Crippen LogP contribution in [0.4, 0.5) is 5.69 Å². The Bertz CT molecular complexity index is 733. The number of nitriles is 2. The zero-order valence-corrected chi connectivity index (χ0v) is 12.7. The van der Waals surface area contributed by atoms with Crippen molar-refractivity contribution in [2.45, 2.75) is 13.5 Å². The fraction of sp³-hybridized carbons (Fsp3) is 0.214. The number of hydrogen-bond acceptors (Lipinski definition) is 4. The smallest absolute Gasteiger partial charge is 0.101 e. The summed E-state index contributed by atoms with van der Waals surface area (Å²) in [5.41, 5.74) is 3.51. The fourth-order valence-electron chi connectivity index (χ4n) is 1.90. The Balaban J connectivity index is 2.20. The molecule has 6 heteroatoms. The van der Waals surface area contributed by atoms with Crippen LogP contribution < -0.4 is 5.32 Å². The minimum Gasteiger partial charge on any atom is -0.379 e. The van der Waals surface area contributed by atoms with Gasteiger partial charge < -0.3 is 5.32 Å². The van der Waals surface area contributed by atoms with Gasteiger partial charge >= 0.3 is 0 Å². The second-order valence-electron chi connectivity index (χ2n) is 4.31. The van der Waals surface area contributed by atoms with Gasteiger partial charge in [0.15, 0.2) is 0 Å². The minimum atomic E-state index is 0.373. The average molecular weight is 330 g/mol. The lowest BCUT2D eigenvalue weighted by atomic mass is 10.1. The van der Waals surface area contributed by atoms with Crippen molar-refractivity contribution in [3.05, 3.63) is 45.2 Å². The van der Waals surface area contributed by atoms with Gasteiger partial charge in [0.1, 0.15) is 12.1 Å². The quantitative estimate of drug-likeness (QED) is 0.939. The molecule has 1 aromatic heterocycles. The van der Waals surface area contributed by atoms with Gasteiger partial charge in [-0.25, -0.2) is 0 Å². The topological polar surface area (TPSA) is 77.4 Å². The van der Waals surface area contributed by atoms with Crippen molar-refractivity contribution in [2.75, 3.05) is 5.32 Å². The summed E-state index contributed by atoms with van der Waals surface area (Å²) in [5, 5.41) is 25.4. The Hall–Kier alpha value is -2.31. The summed E-state index contributed by atoms with van der Waals surface area (Å²) < 4.78 is 2.78. The van der Waals surface area contributed by atoms with Gasteiger partial charge in [0.05, 0.1) is 33.5 Å². The summed E-state index contributed by atoms with van der Waals surface area (Å²) in [4.78, 5) is 0. The van der Waals surface area contributed by atoms with Gasteiger partial charge in [-0.2, -0.15) is 15.6 Å². The van der Waals surface area contributed by atoms with E-state index in [1.54, 1.807) is 22.9 Å². The van der Waals surface area contributed by atoms with Crippen LogP contribution in [-0.4, -0.2) is 9.78 Å².